The Kier molecular flexibility index (Phi) is 3.36. The van der Waals surface area contributed by atoms with Crippen LogP contribution in [0.3, 0.4) is 0 Å². The molecule has 0 amide bonds. The summed E-state index contributed by atoms with van der Waals surface area (Å²) in [6, 6.07) is 6.22. The van der Waals surface area contributed by atoms with E-state index in [0.717, 1.165) is 16.6 Å². The van der Waals surface area contributed by atoms with Crippen LogP contribution in [-0.4, -0.2) is 20.8 Å². The molecule has 0 aliphatic carbocycles. The van der Waals surface area contributed by atoms with E-state index in [1.807, 2.05) is 19.1 Å². The Morgan fingerprint density at radius 1 is 1.50 bits per heavy atom. The molecule has 1 aromatic heterocycles. The lowest BCUT2D eigenvalue weighted by molar-refractivity contribution is 0.727. The smallest absolute Gasteiger partial charge is 0.138 e. The zero-order valence-electron chi connectivity index (χ0n) is 8.97. The zero-order chi connectivity index (χ0) is 11.5. The van der Waals surface area contributed by atoms with Gasteiger partial charge in [0.15, 0.2) is 0 Å². The highest BCUT2D eigenvalue weighted by molar-refractivity contribution is 9.10. The van der Waals surface area contributed by atoms with Crippen LogP contribution in [0.2, 0.25) is 0 Å². The average Bonchev–Trinajstić information content (AvgIpc) is 2.73. The van der Waals surface area contributed by atoms with Crippen molar-refractivity contribution in [3.8, 4) is 5.69 Å². The minimum Gasteiger partial charge on any atom is -0.328 e. The van der Waals surface area contributed by atoms with Gasteiger partial charge in [0.2, 0.25) is 0 Å². The number of aromatic nitrogens is 3. The second-order valence-electron chi connectivity index (χ2n) is 3.79. The highest BCUT2D eigenvalue weighted by Crippen LogP contribution is 2.20. The Morgan fingerprint density at radius 2 is 2.31 bits per heavy atom. The van der Waals surface area contributed by atoms with Crippen molar-refractivity contribution in [2.75, 3.05) is 0 Å². The maximum atomic E-state index is 5.83. The van der Waals surface area contributed by atoms with Gasteiger partial charge in [0.1, 0.15) is 12.7 Å². The Labute approximate surface area is 103 Å². The van der Waals surface area contributed by atoms with Gasteiger partial charge in [-0.15, -0.1) is 0 Å². The molecule has 5 heteroatoms. The quantitative estimate of drug-likeness (QED) is 0.935. The van der Waals surface area contributed by atoms with Crippen LogP contribution in [-0.2, 0) is 6.42 Å². The molecule has 1 aromatic carbocycles. The molecule has 2 N–H and O–H groups in total. The molecule has 1 atom stereocenters. The summed E-state index contributed by atoms with van der Waals surface area (Å²) >= 11 is 3.46. The molecule has 0 aliphatic rings. The molecular weight excluding hydrogens is 268 g/mol. The van der Waals surface area contributed by atoms with Gasteiger partial charge >= 0.3 is 0 Å². The molecule has 2 rings (SSSR count). The standard InChI is InChI=1S/C11H13BrN4/c1-8(13)4-9-2-3-10(12)5-11(9)16-7-14-6-15-16/h2-3,5-8H,4,13H2,1H3. The molecule has 0 saturated carbocycles. The molecule has 1 heterocycles. The monoisotopic (exact) mass is 280 g/mol. The predicted octanol–water partition coefficient (Wildman–Crippen LogP) is 1.92. The van der Waals surface area contributed by atoms with Crippen molar-refractivity contribution < 1.29 is 0 Å². The lowest BCUT2D eigenvalue weighted by Gasteiger charge is -2.11. The van der Waals surface area contributed by atoms with E-state index in [-0.39, 0.29) is 6.04 Å². The van der Waals surface area contributed by atoms with Crippen molar-refractivity contribution in [3.05, 3.63) is 40.9 Å². The van der Waals surface area contributed by atoms with E-state index < -0.39 is 0 Å². The number of halogens is 1. The summed E-state index contributed by atoms with van der Waals surface area (Å²) in [5.41, 5.74) is 8.02. The first-order valence-electron chi connectivity index (χ1n) is 5.06. The van der Waals surface area contributed by atoms with Crippen LogP contribution in [0, 0.1) is 0 Å². The fourth-order valence-corrected chi connectivity index (χ4v) is 1.95. The summed E-state index contributed by atoms with van der Waals surface area (Å²) in [5, 5.41) is 4.14. The van der Waals surface area contributed by atoms with Crippen LogP contribution in [0.1, 0.15) is 12.5 Å². The number of rotatable bonds is 3. The number of nitrogens with two attached hydrogens (primary N) is 1. The van der Waals surface area contributed by atoms with E-state index in [4.69, 9.17) is 5.73 Å². The van der Waals surface area contributed by atoms with Gasteiger partial charge in [-0.1, -0.05) is 22.0 Å². The van der Waals surface area contributed by atoms with Crippen LogP contribution in [0.15, 0.2) is 35.3 Å². The first-order chi connectivity index (χ1) is 7.66. The van der Waals surface area contributed by atoms with Crippen LogP contribution in [0.4, 0.5) is 0 Å². The fourth-order valence-electron chi connectivity index (χ4n) is 1.60. The van der Waals surface area contributed by atoms with Gasteiger partial charge < -0.3 is 5.73 Å². The number of hydrogen-bond donors (Lipinski definition) is 1. The Morgan fingerprint density at radius 3 is 2.94 bits per heavy atom. The number of benzene rings is 1. The molecule has 16 heavy (non-hydrogen) atoms. The maximum Gasteiger partial charge on any atom is 0.138 e. The highest BCUT2D eigenvalue weighted by Gasteiger charge is 2.08. The van der Waals surface area contributed by atoms with Crippen molar-refractivity contribution in [1.82, 2.24) is 14.8 Å². The van der Waals surface area contributed by atoms with Crippen molar-refractivity contribution >= 4 is 15.9 Å². The van der Waals surface area contributed by atoms with Gasteiger partial charge in [-0.2, -0.15) is 5.10 Å². The fraction of sp³-hybridized carbons (Fsp3) is 0.273. The van der Waals surface area contributed by atoms with Crippen LogP contribution < -0.4 is 5.73 Å². The second-order valence-corrected chi connectivity index (χ2v) is 4.71. The molecule has 0 bridgehead atoms. The molecule has 2 aromatic rings. The largest absolute Gasteiger partial charge is 0.328 e. The maximum absolute atomic E-state index is 5.83. The Bertz CT molecular complexity index is 465. The van der Waals surface area contributed by atoms with Crippen molar-refractivity contribution in [3.63, 3.8) is 0 Å². The molecule has 84 valence electrons. The third-order valence-corrected chi connectivity index (χ3v) is 2.75. The van der Waals surface area contributed by atoms with E-state index in [1.54, 1.807) is 11.0 Å². The summed E-state index contributed by atoms with van der Waals surface area (Å²) in [6.45, 7) is 1.99. The third-order valence-electron chi connectivity index (χ3n) is 2.25. The highest BCUT2D eigenvalue weighted by atomic mass is 79.9. The van der Waals surface area contributed by atoms with E-state index in [0.29, 0.717) is 0 Å². The van der Waals surface area contributed by atoms with Gasteiger partial charge in [0.05, 0.1) is 5.69 Å². The summed E-state index contributed by atoms with van der Waals surface area (Å²) < 4.78 is 2.77. The van der Waals surface area contributed by atoms with Gasteiger partial charge in [-0.05, 0) is 31.0 Å². The van der Waals surface area contributed by atoms with Crippen LogP contribution >= 0.6 is 15.9 Å². The van der Waals surface area contributed by atoms with Gasteiger partial charge in [-0.3, -0.25) is 0 Å². The first-order valence-corrected chi connectivity index (χ1v) is 5.85. The normalized spacial score (nSPS) is 12.7. The van der Waals surface area contributed by atoms with Crippen molar-refractivity contribution in [2.24, 2.45) is 5.73 Å². The molecule has 0 fully saturated rings. The van der Waals surface area contributed by atoms with Gasteiger partial charge in [0, 0.05) is 10.5 Å². The van der Waals surface area contributed by atoms with E-state index >= 15 is 0 Å². The molecule has 0 spiro atoms. The second kappa shape index (κ2) is 4.76. The summed E-state index contributed by atoms with van der Waals surface area (Å²) in [5.74, 6) is 0. The van der Waals surface area contributed by atoms with Gasteiger partial charge in [0.25, 0.3) is 0 Å². The zero-order valence-corrected chi connectivity index (χ0v) is 10.6. The molecule has 0 saturated heterocycles. The van der Waals surface area contributed by atoms with Crippen molar-refractivity contribution in [1.29, 1.82) is 0 Å². The van der Waals surface area contributed by atoms with Crippen molar-refractivity contribution in [2.45, 2.75) is 19.4 Å². The number of nitrogens with zero attached hydrogens (tertiary/aromatic N) is 3. The van der Waals surface area contributed by atoms with Crippen LogP contribution in [0.25, 0.3) is 5.69 Å². The van der Waals surface area contributed by atoms with Gasteiger partial charge in [-0.25, -0.2) is 9.67 Å². The minimum atomic E-state index is 0.128. The predicted molar refractivity (Wildman–Crippen MR) is 66.4 cm³/mol. The minimum absolute atomic E-state index is 0.128. The van der Waals surface area contributed by atoms with Crippen LogP contribution in [0.5, 0.6) is 0 Å². The van der Waals surface area contributed by atoms with E-state index in [9.17, 15) is 0 Å². The Balaban J connectivity index is 2.45. The lowest BCUT2D eigenvalue weighted by atomic mass is 10.1. The lowest BCUT2D eigenvalue weighted by Crippen LogP contribution is -2.19. The number of hydrogen-bond acceptors (Lipinski definition) is 3. The Hall–Kier alpha value is -1.20. The topological polar surface area (TPSA) is 56.7 Å². The molecule has 1 unspecified atom stereocenters. The van der Waals surface area contributed by atoms with E-state index in [2.05, 4.69) is 32.1 Å². The summed E-state index contributed by atoms with van der Waals surface area (Å²) in [6.07, 6.45) is 4.03. The van der Waals surface area contributed by atoms with E-state index in [1.165, 1.54) is 11.9 Å². The third kappa shape index (κ3) is 2.48. The average molecular weight is 281 g/mol. The molecule has 4 nitrogen and oxygen atoms in total. The molecule has 0 radical (unpaired) electrons. The summed E-state index contributed by atoms with van der Waals surface area (Å²) in [4.78, 5) is 3.95. The molecule has 0 aliphatic heterocycles. The molecular formula is C11H13BrN4. The first kappa shape index (κ1) is 11.3. The summed E-state index contributed by atoms with van der Waals surface area (Å²) in [7, 11) is 0. The SMILES string of the molecule is CC(N)Cc1ccc(Br)cc1-n1cncn1.